The standard InChI is InChI=1S/C22H24ClN5O4/c1-13(2)31-22(29)28-8-15-10-30-11-16(9-28)21(15)32-20-6-19(25-12-26-20)27-18-4-3-14(7-24)5-17(18)23/h3-6,12-13,15-16,21H,8-11H2,1-2H3,(H,25,26,27). The van der Waals surface area contributed by atoms with Crippen LogP contribution < -0.4 is 10.1 Å². The van der Waals surface area contributed by atoms with Gasteiger partial charge in [-0.25, -0.2) is 14.8 Å². The highest BCUT2D eigenvalue weighted by molar-refractivity contribution is 6.33. The molecule has 2 atom stereocenters. The van der Waals surface area contributed by atoms with Crippen LogP contribution in [-0.2, 0) is 9.47 Å². The average molecular weight is 458 g/mol. The van der Waals surface area contributed by atoms with E-state index in [0.717, 1.165) is 0 Å². The Balaban J connectivity index is 1.44. The number of nitrogens with zero attached hydrogens (tertiary/aromatic N) is 4. The Labute approximate surface area is 191 Å². The molecule has 168 valence electrons. The molecule has 0 saturated carbocycles. The number of piperidine rings is 1. The number of benzene rings is 1. The number of hydrogen-bond acceptors (Lipinski definition) is 8. The molecule has 2 bridgehead atoms. The third-order valence-electron chi connectivity index (χ3n) is 5.36. The van der Waals surface area contributed by atoms with E-state index in [-0.39, 0.29) is 30.1 Å². The molecule has 10 heteroatoms. The lowest BCUT2D eigenvalue weighted by Gasteiger charge is -2.45. The van der Waals surface area contributed by atoms with Crippen LogP contribution in [0.15, 0.2) is 30.6 Å². The van der Waals surface area contributed by atoms with Crippen LogP contribution in [0, 0.1) is 23.2 Å². The fraction of sp³-hybridized carbons (Fsp3) is 0.455. The minimum absolute atomic E-state index is 0.0153. The van der Waals surface area contributed by atoms with Gasteiger partial charge in [-0.2, -0.15) is 5.26 Å². The van der Waals surface area contributed by atoms with Gasteiger partial charge in [0.2, 0.25) is 5.88 Å². The first-order chi connectivity index (χ1) is 15.4. The normalized spacial score (nSPS) is 22.2. The van der Waals surface area contributed by atoms with Crippen molar-refractivity contribution in [3.8, 4) is 11.9 Å². The first-order valence-corrected chi connectivity index (χ1v) is 10.8. The lowest BCUT2D eigenvalue weighted by molar-refractivity contribution is -0.111. The zero-order chi connectivity index (χ0) is 22.7. The van der Waals surface area contributed by atoms with Gasteiger partial charge in [0, 0.05) is 31.0 Å². The number of carbonyl (C=O) groups excluding carboxylic acids is 1. The fourth-order valence-corrected chi connectivity index (χ4v) is 4.18. The molecule has 1 amide bonds. The van der Waals surface area contributed by atoms with Gasteiger partial charge in [-0.3, -0.25) is 0 Å². The molecule has 2 saturated heterocycles. The highest BCUT2D eigenvalue weighted by Crippen LogP contribution is 2.32. The molecule has 2 aliphatic rings. The quantitative estimate of drug-likeness (QED) is 0.724. The van der Waals surface area contributed by atoms with E-state index in [4.69, 9.17) is 31.1 Å². The summed E-state index contributed by atoms with van der Waals surface area (Å²) in [6, 6.07) is 8.73. The Morgan fingerprint density at radius 3 is 2.69 bits per heavy atom. The first-order valence-electron chi connectivity index (χ1n) is 10.4. The van der Waals surface area contributed by atoms with Gasteiger partial charge in [-0.1, -0.05) is 11.6 Å². The third-order valence-corrected chi connectivity index (χ3v) is 5.67. The van der Waals surface area contributed by atoms with E-state index in [0.29, 0.717) is 54.3 Å². The maximum absolute atomic E-state index is 12.4. The van der Waals surface area contributed by atoms with Crippen molar-refractivity contribution in [2.45, 2.75) is 26.1 Å². The lowest BCUT2D eigenvalue weighted by Crippen LogP contribution is -2.58. The lowest BCUT2D eigenvalue weighted by atomic mass is 9.84. The Morgan fingerprint density at radius 2 is 2.03 bits per heavy atom. The number of anilines is 2. The molecule has 9 nitrogen and oxygen atoms in total. The van der Waals surface area contributed by atoms with Crippen LogP contribution >= 0.6 is 11.6 Å². The van der Waals surface area contributed by atoms with E-state index < -0.39 is 0 Å². The van der Waals surface area contributed by atoms with Crippen molar-refractivity contribution in [1.29, 1.82) is 5.26 Å². The minimum Gasteiger partial charge on any atom is -0.473 e. The van der Waals surface area contributed by atoms with Gasteiger partial charge >= 0.3 is 6.09 Å². The molecule has 1 N–H and O–H groups in total. The molecule has 0 aliphatic carbocycles. The van der Waals surface area contributed by atoms with Crippen molar-refractivity contribution < 1.29 is 19.0 Å². The summed E-state index contributed by atoms with van der Waals surface area (Å²) in [4.78, 5) is 22.6. The topological polar surface area (TPSA) is 110 Å². The smallest absolute Gasteiger partial charge is 0.410 e. The molecule has 2 unspecified atom stereocenters. The van der Waals surface area contributed by atoms with Crippen LogP contribution in [-0.4, -0.2) is 59.5 Å². The fourth-order valence-electron chi connectivity index (χ4n) is 3.95. The molecule has 2 aromatic rings. The summed E-state index contributed by atoms with van der Waals surface area (Å²) in [5.74, 6) is 0.969. The van der Waals surface area contributed by atoms with Crippen molar-refractivity contribution in [3.05, 3.63) is 41.2 Å². The van der Waals surface area contributed by atoms with Gasteiger partial charge in [-0.15, -0.1) is 0 Å². The van der Waals surface area contributed by atoms with Crippen LogP contribution in [0.5, 0.6) is 5.88 Å². The van der Waals surface area contributed by atoms with Crippen molar-refractivity contribution in [3.63, 3.8) is 0 Å². The number of aromatic nitrogens is 2. The molecule has 32 heavy (non-hydrogen) atoms. The predicted molar refractivity (Wildman–Crippen MR) is 117 cm³/mol. The zero-order valence-electron chi connectivity index (χ0n) is 17.8. The first kappa shape index (κ1) is 22.1. The summed E-state index contributed by atoms with van der Waals surface area (Å²) >= 11 is 6.24. The second-order valence-electron chi connectivity index (χ2n) is 8.15. The van der Waals surface area contributed by atoms with E-state index in [1.165, 1.54) is 6.33 Å². The Hall–Kier alpha value is -3.09. The molecule has 4 rings (SSSR count). The average Bonchev–Trinajstić information content (AvgIpc) is 2.74. The summed E-state index contributed by atoms with van der Waals surface area (Å²) in [6.07, 6.45) is 0.816. The van der Waals surface area contributed by atoms with Crippen LogP contribution in [0.25, 0.3) is 0 Å². The molecule has 0 radical (unpaired) electrons. The molecular weight excluding hydrogens is 434 g/mol. The van der Waals surface area contributed by atoms with E-state index in [9.17, 15) is 4.79 Å². The highest BCUT2D eigenvalue weighted by atomic mass is 35.5. The van der Waals surface area contributed by atoms with Crippen molar-refractivity contribution in [2.24, 2.45) is 11.8 Å². The Morgan fingerprint density at radius 1 is 1.28 bits per heavy atom. The van der Waals surface area contributed by atoms with Gasteiger partial charge in [0.25, 0.3) is 0 Å². The molecule has 0 spiro atoms. The van der Waals surface area contributed by atoms with Gasteiger partial charge in [0.15, 0.2) is 0 Å². The number of halogens is 1. The van der Waals surface area contributed by atoms with E-state index >= 15 is 0 Å². The van der Waals surface area contributed by atoms with E-state index in [1.807, 2.05) is 13.8 Å². The molecule has 3 heterocycles. The second-order valence-corrected chi connectivity index (χ2v) is 8.56. The molecular formula is C22H24ClN5O4. The third kappa shape index (κ3) is 5.03. The van der Waals surface area contributed by atoms with Crippen LogP contribution in [0.1, 0.15) is 19.4 Å². The number of hydrogen-bond donors (Lipinski definition) is 1. The summed E-state index contributed by atoms with van der Waals surface area (Å²) in [5.41, 5.74) is 1.10. The summed E-state index contributed by atoms with van der Waals surface area (Å²) in [7, 11) is 0. The SMILES string of the molecule is CC(C)OC(=O)N1CC2COCC(C1)C2Oc1cc(Nc2ccc(C#N)cc2Cl)ncn1. The van der Waals surface area contributed by atoms with Gasteiger partial charge in [0.1, 0.15) is 18.2 Å². The number of likely N-dealkylation sites (tertiary alicyclic amines) is 1. The van der Waals surface area contributed by atoms with Gasteiger partial charge < -0.3 is 24.4 Å². The monoisotopic (exact) mass is 457 g/mol. The largest absolute Gasteiger partial charge is 0.473 e. The number of fused-ring (bicyclic) bond motifs is 2. The molecule has 1 aromatic carbocycles. The van der Waals surface area contributed by atoms with Crippen molar-refractivity contribution >= 4 is 29.2 Å². The number of nitrogens with one attached hydrogen (secondary N) is 1. The van der Waals surface area contributed by atoms with Crippen LogP contribution in [0.4, 0.5) is 16.3 Å². The number of carbonyl (C=O) groups is 1. The summed E-state index contributed by atoms with van der Waals surface area (Å²) in [6.45, 7) is 5.69. The van der Waals surface area contributed by atoms with E-state index in [1.54, 1.807) is 29.2 Å². The van der Waals surface area contributed by atoms with Crippen LogP contribution in [0.2, 0.25) is 5.02 Å². The number of nitriles is 1. The number of ether oxygens (including phenoxy) is 3. The maximum Gasteiger partial charge on any atom is 0.410 e. The second kappa shape index (κ2) is 9.59. The zero-order valence-corrected chi connectivity index (χ0v) is 18.6. The summed E-state index contributed by atoms with van der Waals surface area (Å²) in [5, 5.41) is 12.5. The highest BCUT2D eigenvalue weighted by Gasteiger charge is 2.44. The number of amides is 1. The van der Waals surface area contributed by atoms with E-state index in [2.05, 4.69) is 21.4 Å². The summed E-state index contributed by atoms with van der Waals surface area (Å²) < 4.78 is 17.3. The minimum atomic E-state index is -0.303. The Kier molecular flexibility index (Phi) is 6.63. The van der Waals surface area contributed by atoms with Crippen LogP contribution in [0.3, 0.4) is 0 Å². The molecule has 1 aromatic heterocycles. The van der Waals surface area contributed by atoms with Gasteiger partial charge in [0.05, 0.1) is 41.7 Å². The maximum atomic E-state index is 12.4. The van der Waals surface area contributed by atoms with Gasteiger partial charge in [-0.05, 0) is 32.0 Å². The van der Waals surface area contributed by atoms with Crippen molar-refractivity contribution in [1.82, 2.24) is 14.9 Å². The predicted octanol–water partition coefficient (Wildman–Crippen LogP) is 3.62. The molecule has 2 aliphatic heterocycles. The number of rotatable bonds is 5. The Bertz CT molecular complexity index is 1010. The van der Waals surface area contributed by atoms with Crippen molar-refractivity contribution in [2.75, 3.05) is 31.6 Å². The molecule has 2 fully saturated rings.